The maximum absolute atomic E-state index is 5.38. The molecule has 2 aliphatic heterocycles. The molecule has 0 radical (unpaired) electrons. The van der Waals surface area contributed by atoms with Gasteiger partial charge in [0.15, 0.2) is 11.5 Å². The SMILES string of the molecule is c1nc2c(Nc3ccc(N4CC5(COC5)C4)cc3)nc(-c3ccc4cc[nH]c4c3)cn2n1. The molecule has 8 nitrogen and oxygen atoms in total. The van der Waals surface area contributed by atoms with E-state index in [1.54, 1.807) is 10.8 Å². The largest absolute Gasteiger partial charge is 0.380 e. The standard InChI is InChI=1S/C24H21N7O/c1-2-17(9-20-16(1)7-8-25-20)21-10-31-23(26-15-27-31)22(29-21)28-18-3-5-19(6-4-18)30-11-24(12-30)13-32-14-24/h1-10,15,25H,11-14H2,(H,28,29). The highest BCUT2D eigenvalue weighted by molar-refractivity contribution is 5.84. The van der Waals surface area contributed by atoms with Crippen molar-refractivity contribution in [3.63, 3.8) is 0 Å². The van der Waals surface area contributed by atoms with Crippen molar-refractivity contribution < 1.29 is 4.74 Å². The van der Waals surface area contributed by atoms with Crippen LogP contribution in [-0.2, 0) is 4.74 Å². The van der Waals surface area contributed by atoms with Gasteiger partial charge in [0.2, 0.25) is 0 Å². The Balaban J connectivity index is 1.19. The molecule has 0 unspecified atom stereocenters. The highest BCUT2D eigenvalue weighted by Crippen LogP contribution is 2.40. The molecule has 0 amide bonds. The van der Waals surface area contributed by atoms with Crippen LogP contribution in [0.5, 0.6) is 0 Å². The first-order valence-electron chi connectivity index (χ1n) is 10.7. The molecule has 158 valence electrons. The molecule has 5 heterocycles. The number of benzene rings is 2. The summed E-state index contributed by atoms with van der Waals surface area (Å²) in [5.41, 5.74) is 6.22. The summed E-state index contributed by atoms with van der Waals surface area (Å²) in [6.07, 6.45) is 5.40. The summed E-state index contributed by atoms with van der Waals surface area (Å²) in [4.78, 5) is 14.9. The molecule has 2 aromatic carbocycles. The monoisotopic (exact) mass is 423 g/mol. The third-order valence-electron chi connectivity index (χ3n) is 6.48. The van der Waals surface area contributed by atoms with E-state index in [2.05, 4.69) is 73.8 Å². The van der Waals surface area contributed by atoms with E-state index in [-0.39, 0.29) is 0 Å². The maximum atomic E-state index is 5.38. The van der Waals surface area contributed by atoms with Crippen molar-refractivity contribution in [3.05, 3.63) is 67.3 Å². The second-order valence-electron chi connectivity index (χ2n) is 8.80. The van der Waals surface area contributed by atoms with Crippen molar-refractivity contribution in [2.45, 2.75) is 0 Å². The summed E-state index contributed by atoms with van der Waals surface area (Å²) in [6, 6.07) is 16.8. The summed E-state index contributed by atoms with van der Waals surface area (Å²) in [6.45, 7) is 3.95. The molecule has 0 saturated carbocycles. The van der Waals surface area contributed by atoms with Gasteiger partial charge in [0, 0.05) is 41.7 Å². The number of fused-ring (bicyclic) bond motifs is 2. The Kier molecular flexibility index (Phi) is 3.63. The van der Waals surface area contributed by atoms with Gasteiger partial charge in [0.1, 0.15) is 6.33 Å². The minimum absolute atomic E-state index is 0.406. The normalized spacial score (nSPS) is 16.9. The van der Waals surface area contributed by atoms with Crippen LogP contribution in [0.1, 0.15) is 0 Å². The zero-order chi connectivity index (χ0) is 21.1. The van der Waals surface area contributed by atoms with E-state index in [9.17, 15) is 0 Å². The Labute approximate surface area is 183 Å². The first-order chi connectivity index (χ1) is 15.7. The first kappa shape index (κ1) is 17.7. The van der Waals surface area contributed by atoms with Crippen LogP contribution in [0.4, 0.5) is 17.2 Å². The highest BCUT2D eigenvalue weighted by Gasteiger charge is 2.48. The summed E-state index contributed by atoms with van der Waals surface area (Å²) < 4.78 is 7.14. The van der Waals surface area contributed by atoms with Gasteiger partial charge in [-0.1, -0.05) is 12.1 Å². The van der Waals surface area contributed by atoms with E-state index in [0.29, 0.717) is 16.9 Å². The predicted octanol–water partition coefficient (Wildman–Crippen LogP) is 3.85. The quantitative estimate of drug-likeness (QED) is 0.457. The van der Waals surface area contributed by atoms with Gasteiger partial charge in [-0.15, -0.1) is 0 Å². The molecule has 2 fully saturated rings. The lowest BCUT2D eigenvalue weighted by Gasteiger charge is -2.56. The molecular weight excluding hydrogens is 402 g/mol. The molecular formula is C24H21N7O. The number of H-pyrrole nitrogens is 1. The van der Waals surface area contributed by atoms with Gasteiger partial charge in [-0.2, -0.15) is 5.10 Å². The van der Waals surface area contributed by atoms with Gasteiger partial charge in [-0.05, 0) is 41.8 Å². The molecule has 32 heavy (non-hydrogen) atoms. The van der Waals surface area contributed by atoms with Crippen LogP contribution < -0.4 is 10.2 Å². The van der Waals surface area contributed by atoms with E-state index in [1.807, 2.05) is 12.4 Å². The molecule has 0 bridgehead atoms. The molecule has 2 saturated heterocycles. The molecule has 2 N–H and O–H groups in total. The molecule has 5 aromatic rings. The van der Waals surface area contributed by atoms with Crippen molar-refractivity contribution in [2.75, 3.05) is 36.5 Å². The van der Waals surface area contributed by atoms with E-state index < -0.39 is 0 Å². The number of aromatic nitrogens is 5. The smallest absolute Gasteiger partial charge is 0.198 e. The Morgan fingerprint density at radius 1 is 1.03 bits per heavy atom. The van der Waals surface area contributed by atoms with Crippen molar-refractivity contribution in [3.8, 4) is 11.3 Å². The Hall–Kier alpha value is -3.91. The van der Waals surface area contributed by atoms with Crippen LogP contribution in [-0.4, -0.2) is 50.9 Å². The van der Waals surface area contributed by atoms with Crippen LogP contribution in [0.15, 0.2) is 67.3 Å². The average molecular weight is 423 g/mol. The van der Waals surface area contributed by atoms with Gasteiger partial charge in [0.25, 0.3) is 0 Å². The molecule has 2 aliphatic rings. The van der Waals surface area contributed by atoms with Crippen LogP contribution >= 0.6 is 0 Å². The van der Waals surface area contributed by atoms with Crippen molar-refractivity contribution in [1.82, 2.24) is 24.6 Å². The van der Waals surface area contributed by atoms with E-state index in [0.717, 1.165) is 48.8 Å². The number of ether oxygens (including phenoxy) is 1. The summed E-state index contributed by atoms with van der Waals surface area (Å²) in [7, 11) is 0. The Morgan fingerprint density at radius 2 is 1.91 bits per heavy atom. The van der Waals surface area contributed by atoms with Crippen molar-refractivity contribution in [1.29, 1.82) is 0 Å². The minimum Gasteiger partial charge on any atom is -0.380 e. The average Bonchev–Trinajstić information content (AvgIpc) is 3.41. The zero-order valence-electron chi connectivity index (χ0n) is 17.3. The lowest BCUT2D eigenvalue weighted by Crippen LogP contribution is -2.66. The van der Waals surface area contributed by atoms with E-state index in [1.165, 1.54) is 11.1 Å². The number of nitrogens with zero attached hydrogens (tertiary/aromatic N) is 5. The van der Waals surface area contributed by atoms with Crippen LogP contribution in [0.2, 0.25) is 0 Å². The minimum atomic E-state index is 0.406. The predicted molar refractivity (Wildman–Crippen MR) is 123 cm³/mol. The molecule has 7 rings (SSSR count). The topological polar surface area (TPSA) is 83.4 Å². The Morgan fingerprint density at radius 3 is 2.72 bits per heavy atom. The van der Waals surface area contributed by atoms with Crippen molar-refractivity contribution >= 4 is 33.7 Å². The van der Waals surface area contributed by atoms with Crippen molar-refractivity contribution in [2.24, 2.45) is 5.41 Å². The fraction of sp³-hybridized carbons (Fsp3) is 0.208. The lowest BCUT2D eigenvalue weighted by atomic mass is 9.78. The number of hydrogen-bond acceptors (Lipinski definition) is 6. The molecule has 8 heteroatoms. The van der Waals surface area contributed by atoms with Gasteiger partial charge in [-0.25, -0.2) is 14.5 Å². The number of nitrogens with one attached hydrogen (secondary N) is 2. The number of hydrogen-bond donors (Lipinski definition) is 2. The molecule has 1 spiro atoms. The fourth-order valence-electron chi connectivity index (χ4n) is 4.67. The van der Waals surface area contributed by atoms with Gasteiger partial charge in [0.05, 0.1) is 30.5 Å². The van der Waals surface area contributed by atoms with Crippen LogP contribution in [0.3, 0.4) is 0 Å². The third-order valence-corrected chi connectivity index (χ3v) is 6.48. The van der Waals surface area contributed by atoms with Gasteiger partial charge >= 0.3 is 0 Å². The molecule has 0 aliphatic carbocycles. The number of anilines is 3. The van der Waals surface area contributed by atoms with Gasteiger partial charge in [-0.3, -0.25) is 0 Å². The fourth-order valence-corrected chi connectivity index (χ4v) is 4.67. The summed E-state index contributed by atoms with van der Waals surface area (Å²) in [5.74, 6) is 0.675. The third kappa shape index (κ3) is 2.76. The zero-order valence-corrected chi connectivity index (χ0v) is 17.3. The second kappa shape index (κ2) is 6.54. The maximum Gasteiger partial charge on any atom is 0.198 e. The highest BCUT2D eigenvalue weighted by atomic mass is 16.5. The first-order valence-corrected chi connectivity index (χ1v) is 10.7. The van der Waals surface area contributed by atoms with E-state index in [4.69, 9.17) is 9.72 Å². The number of rotatable bonds is 4. The van der Waals surface area contributed by atoms with E-state index >= 15 is 0 Å². The van der Waals surface area contributed by atoms with Gasteiger partial charge < -0.3 is 19.9 Å². The molecule has 0 atom stereocenters. The Bertz CT molecular complexity index is 1440. The van der Waals surface area contributed by atoms with Crippen LogP contribution in [0.25, 0.3) is 27.8 Å². The second-order valence-corrected chi connectivity index (χ2v) is 8.80. The summed E-state index contributed by atoms with van der Waals surface area (Å²) >= 11 is 0. The lowest BCUT2D eigenvalue weighted by molar-refractivity contribution is -0.127. The van der Waals surface area contributed by atoms with Crippen LogP contribution in [0, 0.1) is 5.41 Å². The molecule has 3 aromatic heterocycles. The summed E-state index contributed by atoms with van der Waals surface area (Å²) in [5, 5.41) is 8.95. The number of aromatic amines is 1.